The van der Waals surface area contributed by atoms with Gasteiger partial charge in [0.25, 0.3) is 0 Å². The zero-order valence-electron chi connectivity index (χ0n) is 6.82. The Hall–Kier alpha value is 0.230. The summed E-state index contributed by atoms with van der Waals surface area (Å²) < 4.78 is 15.4. The lowest BCUT2D eigenvalue weighted by Crippen LogP contribution is -2.38. The summed E-state index contributed by atoms with van der Waals surface area (Å²) >= 11 is 3.70. The highest BCUT2D eigenvalue weighted by molar-refractivity contribution is 7.75. The van der Waals surface area contributed by atoms with Crippen molar-refractivity contribution in [1.29, 1.82) is 0 Å². The molecule has 11 heavy (non-hydrogen) atoms. The van der Waals surface area contributed by atoms with Crippen LogP contribution in [-0.2, 0) is 13.7 Å². The van der Waals surface area contributed by atoms with Gasteiger partial charge in [0, 0.05) is 13.5 Å². The molecule has 3 atom stereocenters. The van der Waals surface area contributed by atoms with E-state index in [4.69, 9.17) is 13.7 Å². The molecule has 1 rings (SSSR count). The predicted molar refractivity (Wildman–Crippen MR) is 44.4 cm³/mol. The van der Waals surface area contributed by atoms with Crippen molar-refractivity contribution in [1.82, 2.24) is 0 Å². The van der Waals surface area contributed by atoms with Crippen LogP contribution in [0, 0.1) is 0 Å². The van der Waals surface area contributed by atoms with Crippen molar-refractivity contribution in [3.8, 4) is 0 Å². The van der Waals surface area contributed by atoms with E-state index in [1.54, 1.807) is 7.11 Å². The van der Waals surface area contributed by atoms with Gasteiger partial charge in [-0.05, 0) is 26.3 Å². The van der Waals surface area contributed by atoms with Crippen LogP contribution < -0.4 is 0 Å². The Morgan fingerprint density at radius 1 is 1.45 bits per heavy atom. The van der Waals surface area contributed by atoms with Gasteiger partial charge in [-0.15, -0.1) is 0 Å². The van der Waals surface area contributed by atoms with Crippen LogP contribution in [-0.4, -0.2) is 25.6 Å². The molecule has 2 unspecified atom stereocenters. The highest BCUT2D eigenvalue weighted by Gasteiger charge is 2.27. The molecule has 0 aromatic heterocycles. The molecule has 0 aliphatic carbocycles. The Bertz CT molecular complexity index is 120. The first kappa shape index (κ1) is 9.32. The van der Waals surface area contributed by atoms with Gasteiger partial charge in [0.1, 0.15) is 0 Å². The maximum absolute atomic E-state index is 5.42. The van der Waals surface area contributed by atoms with Gasteiger partial charge in [0.05, 0.1) is 12.2 Å². The Morgan fingerprint density at radius 3 is 2.64 bits per heavy atom. The van der Waals surface area contributed by atoms with Crippen LogP contribution >= 0.6 is 12.9 Å². The molecule has 1 aliphatic heterocycles. The second-order valence-electron chi connectivity index (χ2n) is 2.73. The Kier molecular flexibility index (Phi) is 3.65. The number of ether oxygens (including phenoxy) is 2. The van der Waals surface area contributed by atoms with Crippen LogP contribution in [0.1, 0.15) is 19.8 Å². The molecule has 0 amide bonds. The Balaban J connectivity index is 2.34. The van der Waals surface area contributed by atoms with Crippen molar-refractivity contribution < 1.29 is 13.7 Å². The van der Waals surface area contributed by atoms with E-state index in [0.717, 1.165) is 12.8 Å². The SMILES string of the molecule is COC1CCC(OS)O[C@H]1C. The Labute approximate surface area is 72.6 Å². The van der Waals surface area contributed by atoms with Crippen LogP contribution in [0.2, 0.25) is 0 Å². The first-order valence-corrected chi connectivity index (χ1v) is 4.13. The summed E-state index contributed by atoms with van der Waals surface area (Å²) in [6.45, 7) is 1.98. The van der Waals surface area contributed by atoms with Gasteiger partial charge < -0.3 is 9.47 Å². The standard InChI is InChI=1S/C7H14O3S/c1-5-6(8-2)3-4-7(9-5)10-11/h5-7,11H,3-4H2,1-2H3/t5-,6?,7?/m0/s1. The third-order valence-corrected chi connectivity index (χ3v) is 2.23. The quantitative estimate of drug-likeness (QED) is 0.511. The smallest absolute Gasteiger partial charge is 0.170 e. The zero-order valence-corrected chi connectivity index (χ0v) is 7.71. The Morgan fingerprint density at radius 2 is 2.18 bits per heavy atom. The fourth-order valence-electron chi connectivity index (χ4n) is 1.32. The molecule has 0 spiro atoms. The molecule has 0 saturated carbocycles. The minimum absolute atomic E-state index is 0.103. The summed E-state index contributed by atoms with van der Waals surface area (Å²) in [4.78, 5) is 0. The van der Waals surface area contributed by atoms with E-state index >= 15 is 0 Å². The molecule has 0 aromatic rings. The van der Waals surface area contributed by atoms with Crippen LogP contribution in [0.25, 0.3) is 0 Å². The van der Waals surface area contributed by atoms with Gasteiger partial charge in [0.2, 0.25) is 0 Å². The monoisotopic (exact) mass is 178 g/mol. The van der Waals surface area contributed by atoms with Crippen molar-refractivity contribution in [3.05, 3.63) is 0 Å². The van der Waals surface area contributed by atoms with Gasteiger partial charge in [-0.3, -0.25) is 4.18 Å². The summed E-state index contributed by atoms with van der Waals surface area (Å²) in [7, 11) is 1.70. The second kappa shape index (κ2) is 4.30. The first-order valence-electron chi connectivity index (χ1n) is 3.76. The van der Waals surface area contributed by atoms with Crippen molar-refractivity contribution in [2.75, 3.05) is 7.11 Å². The fraction of sp³-hybridized carbons (Fsp3) is 1.00. The van der Waals surface area contributed by atoms with Gasteiger partial charge in [-0.25, -0.2) is 0 Å². The van der Waals surface area contributed by atoms with Crippen LogP contribution in [0.15, 0.2) is 0 Å². The van der Waals surface area contributed by atoms with E-state index in [2.05, 4.69) is 12.9 Å². The average Bonchev–Trinajstić information content (AvgIpc) is 2.04. The van der Waals surface area contributed by atoms with Crippen LogP contribution in [0.3, 0.4) is 0 Å². The van der Waals surface area contributed by atoms with Gasteiger partial charge in [-0.2, -0.15) is 0 Å². The second-order valence-corrected chi connectivity index (χ2v) is 2.94. The lowest BCUT2D eigenvalue weighted by Gasteiger charge is -2.32. The molecule has 1 heterocycles. The van der Waals surface area contributed by atoms with Crippen molar-refractivity contribution >= 4 is 12.9 Å². The normalized spacial score (nSPS) is 39.0. The minimum atomic E-state index is -0.167. The molecule has 0 bridgehead atoms. The summed E-state index contributed by atoms with van der Waals surface area (Å²) in [5, 5.41) is 0. The third kappa shape index (κ3) is 2.33. The molecule has 3 nitrogen and oxygen atoms in total. The van der Waals surface area contributed by atoms with Crippen molar-refractivity contribution in [2.24, 2.45) is 0 Å². The van der Waals surface area contributed by atoms with E-state index in [9.17, 15) is 0 Å². The van der Waals surface area contributed by atoms with Crippen LogP contribution in [0.4, 0.5) is 0 Å². The van der Waals surface area contributed by atoms with Gasteiger partial charge in [0.15, 0.2) is 6.29 Å². The third-order valence-electron chi connectivity index (χ3n) is 2.00. The van der Waals surface area contributed by atoms with E-state index in [1.807, 2.05) is 6.92 Å². The van der Waals surface area contributed by atoms with E-state index in [-0.39, 0.29) is 18.5 Å². The molecule has 0 radical (unpaired) electrons. The minimum Gasteiger partial charge on any atom is -0.379 e. The molecule has 0 N–H and O–H groups in total. The predicted octanol–water partition coefficient (Wildman–Crippen LogP) is 1.39. The van der Waals surface area contributed by atoms with E-state index < -0.39 is 0 Å². The van der Waals surface area contributed by atoms with Crippen molar-refractivity contribution in [3.63, 3.8) is 0 Å². The maximum Gasteiger partial charge on any atom is 0.170 e. The molecule has 1 aliphatic rings. The lowest BCUT2D eigenvalue weighted by atomic mass is 10.1. The molecule has 0 aromatic carbocycles. The first-order chi connectivity index (χ1) is 5.27. The van der Waals surface area contributed by atoms with E-state index in [0.29, 0.717) is 0 Å². The maximum atomic E-state index is 5.42. The summed E-state index contributed by atoms with van der Waals surface area (Å²) in [6.07, 6.45) is 1.97. The van der Waals surface area contributed by atoms with Crippen LogP contribution in [0.5, 0.6) is 0 Å². The number of hydrogen-bond acceptors (Lipinski definition) is 4. The highest BCUT2D eigenvalue weighted by atomic mass is 32.1. The summed E-state index contributed by atoms with van der Waals surface area (Å²) in [5.41, 5.74) is 0. The number of methoxy groups -OCH3 is 1. The fourth-order valence-corrected chi connectivity index (χ4v) is 1.47. The topological polar surface area (TPSA) is 27.7 Å². The summed E-state index contributed by atoms with van der Waals surface area (Å²) in [5.74, 6) is 0. The number of rotatable bonds is 2. The number of thiol groups is 1. The molecule has 4 heteroatoms. The molecular formula is C7H14O3S. The molecular weight excluding hydrogens is 164 g/mol. The molecule has 1 fully saturated rings. The summed E-state index contributed by atoms with van der Waals surface area (Å²) in [6, 6.07) is 0. The average molecular weight is 178 g/mol. The highest BCUT2D eigenvalue weighted by Crippen LogP contribution is 2.22. The number of hydrogen-bond donors (Lipinski definition) is 1. The lowest BCUT2D eigenvalue weighted by molar-refractivity contribution is -0.180. The molecule has 1 saturated heterocycles. The van der Waals surface area contributed by atoms with E-state index in [1.165, 1.54) is 0 Å². The molecule has 66 valence electrons. The van der Waals surface area contributed by atoms with Gasteiger partial charge in [-0.1, -0.05) is 0 Å². The largest absolute Gasteiger partial charge is 0.379 e. The van der Waals surface area contributed by atoms with Gasteiger partial charge >= 0.3 is 0 Å². The zero-order chi connectivity index (χ0) is 8.27. The van der Waals surface area contributed by atoms with Crippen molar-refractivity contribution in [2.45, 2.75) is 38.3 Å².